The van der Waals surface area contributed by atoms with Crippen LogP contribution in [-0.4, -0.2) is 76.4 Å². The van der Waals surface area contributed by atoms with Crippen molar-refractivity contribution >= 4 is 21.9 Å². The Hall–Kier alpha value is -1.91. The fourth-order valence-electron chi connectivity index (χ4n) is 2.76. The molecule has 1 fully saturated rings. The number of aryl methyl sites for hydroxylation is 2. The van der Waals surface area contributed by atoms with Crippen molar-refractivity contribution in [2.45, 2.75) is 18.7 Å². The number of ether oxygens (including phenoxy) is 1. The van der Waals surface area contributed by atoms with E-state index in [-0.39, 0.29) is 34.4 Å². The highest BCUT2D eigenvalue weighted by Crippen LogP contribution is 2.29. The average Bonchev–Trinajstić information content (AvgIpc) is 2.89. The predicted molar refractivity (Wildman–Crippen MR) is 88.8 cm³/mol. The van der Waals surface area contributed by atoms with Crippen molar-refractivity contribution in [2.24, 2.45) is 0 Å². The maximum Gasteiger partial charge on any atom is 0.342 e. The van der Waals surface area contributed by atoms with Crippen molar-refractivity contribution in [1.82, 2.24) is 14.5 Å². The second-order valence-electron chi connectivity index (χ2n) is 5.80. The van der Waals surface area contributed by atoms with Crippen LogP contribution < -0.4 is 5.32 Å². The zero-order valence-corrected chi connectivity index (χ0v) is 15.6. The standard InChI is InChI=1S/C15H23N3O6S/c1-10-13(15(20)23-4)14(11(2)24-10)25(21,22)17(3)9-12(19)18-7-5-16-6-8-18/h16H,5-9H2,1-4H3. The summed E-state index contributed by atoms with van der Waals surface area (Å²) in [7, 11) is -1.62. The Morgan fingerprint density at radius 2 is 1.84 bits per heavy atom. The molecule has 0 radical (unpaired) electrons. The van der Waals surface area contributed by atoms with Crippen molar-refractivity contribution in [3.05, 3.63) is 17.1 Å². The van der Waals surface area contributed by atoms with Crippen molar-refractivity contribution in [1.29, 1.82) is 0 Å². The van der Waals surface area contributed by atoms with Gasteiger partial charge in [0.1, 0.15) is 22.0 Å². The third-order valence-corrected chi connectivity index (χ3v) is 6.05. The maximum absolute atomic E-state index is 12.9. The summed E-state index contributed by atoms with van der Waals surface area (Å²) < 4.78 is 36.7. The van der Waals surface area contributed by atoms with Gasteiger partial charge in [0.05, 0.1) is 13.7 Å². The number of piperazine rings is 1. The third kappa shape index (κ3) is 3.86. The number of carbonyl (C=O) groups excluding carboxylic acids is 2. The van der Waals surface area contributed by atoms with Crippen LogP contribution in [0.3, 0.4) is 0 Å². The number of hydrogen-bond donors (Lipinski definition) is 1. The monoisotopic (exact) mass is 373 g/mol. The van der Waals surface area contributed by atoms with Gasteiger partial charge in [-0.05, 0) is 13.8 Å². The summed E-state index contributed by atoms with van der Waals surface area (Å²) in [6, 6.07) is 0. The summed E-state index contributed by atoms with van der Waals surface area (Å²) >= 11 is 0. The molecule has 1 amide bonds. The van der Waals surface area contributed by atoms with Crippen LogP contribution in [0.1, 0.15) is 21.9 Å². The number of esters is 1. The highest BCUT2D eigenvalue weighted by atomic mass is 32.2. The molecule has 0 aliphatic carbocycles. The van der Waals surface area contributed by atoms with Crippen LogP contribution in [0.15, 0.2) is 9.31 Å². The fourth-order valence-corrected chi connectivity index (χ4v) is 4.24. The zero-order valence-electron chi connectivity index (χ0n) is 14.8. The molecule has 0 unspecified atom stereocenters. The van der Waals surface area contributed by atoms with E-state index in [1.807, 2.05) is 0 Å². The predicted octanol–water partition coefficient (Wildman–Crippen LogP) is -0.265. The second-order valence-corrected chi connectivity index (χ2v) is 7.78. The topological polar surface area (TPSA) is 109 Å². The highest BCUT2D eigenvalue weighted by molar-refractivity contribution is 7.89. The zero-order chi connectivity index (χ0) is 18.8. The number of rotatable bonds is 5. The van der Waals surface area contributed by atoms with E-state index in [4.69, 9.17) is 4.42 Å². The summed E-state index contributed by atoms with van der Waals surface area (Å²) in [5.74, 6) is -0.844. The molecule has 2 heterocycles. The van der Waals surface area contributed by atoms with Gasteiger partial charge in [-0.3, -0.25) is 4.79 Å². The van der Waals surface area contributed by atoms with Crippen molar-refractivity contribution < 1.29 is 27.2 Å². The summed E-state index contributed by atoms with van der Waals surface area (Å²) in [6.45, 7) is 5.05. The Bertz CT molecular complexity index is 764. The van der Waals surface area contributed by atoms with Crippen molar-refractivity contribution in [3.8, 4) is 0 Å². The van der Waals surface area contributed by atoms with Gasteiger partial charge in [0.2, 0.25) is 15.9 Å². The molecule has 1 aliphatic rings. The molecule has 25 heavy (non-hydrogen) atoms. The third-order valence-electron chi connectivity index (χ3n) is 4.09. The summed E-state index contributed by atoms with van der Waals surface area (Å²) in [5.41, 5.74) is -0.138. The quantitative estimate of drug-likeness (QED) is 0.708. The van der Waals surface area contributed by atoms with Crippen LogP contribution in [0, 0.1) is 13.8 Å². The van der Waals surface area contributed by atoms with Crippen LogP contribution in [0.4, 0.5) is 0 Å². The molecule has 0 aromatic carbocycles. The lowest BCUT2D eigenvalue weighted by Crippen LogP contribution is -2.49. The first-order valence-corrected chi connectivity index (χ1v) is 9.27. The Labute approximate surface area is 147 Å². The van der Waals surface area contributed by atoms with Crippen LogP contribution in [-0.2, 0) is 19.6 Å². The number of likely N-dealkylation sites (N-methyl/N-ethyl adjacent to an activating group) is 1. The van der Waals surface area contributed by atoms with E-state index in [1.165, 1.54) is 20.9 Å². The van der Waals surface area contributed by atoms with Gasteiger partial charge in [0, 0.05) is 33.2 Å². The van der Waals surface area contributed by atoms with Gasteiger partial charge in [-0.15, -0.1) is 0 Å². The first kappa shape index (κ1) is 19.4. The Morgan fingerprint density at radius 3 is 2.40 bits per heavy atom. The van der Waals surface area contributed by atoms with Crippen LogP contribution in [0.5, 0.6) is 0 Å². The minimum atomic E-state index is -4.09. The lowest BCUT2D eigenvalue weighted by molar-refractivity contribution is -0.131. The van der Waals surface area contributed by atoms with Gasteiger partial charge in [-0.2, -0.15) is 4.31 Å². The van der Waals surface area contributed by atoms with E-state index in [0.29, 0.717) is 26.2 Å². The molecule has 1 aromatic rings. The molecule has 140 valence electrons. The number of sulfonamides is 1. The first-order valence-electron chi connectivity index (χ1n) is 7.83. The molecule has 1 N–H and O–H groups in total. The molecule has 0 atom stereocenters. The Kier molecular flexibility index (Phi) is 5.86. The lowest BCUT2D eigenvalue weighted by atomic mass is 10.2. The van der Waals surface area contributed by atoms with Gasteiger partial charge >= 0.3 is 5.97 Å². The molecule has 1 saturated heterocycles. The lowest BCUT2D eigenvalue weighted by Gasteiger charge is -2.29. The average molecular weight is 373 g/mol. The number of carbonyl (C=O) groups is 2. The van der Waals surface area contributed by atoms with Gasteiger partial charge in [-0.1, -0.05) is 0 Å². The SMILES string of the molecule is COC(=O)c1c(C)oc(C)c1S(=O)(=O)N(C)CC(=O)N1CCNCC1. The van der Waals surface area contributed by atoms with E-state index in [0.717, 1.165) is 11.4 Å². The Balaban J connectivity index is 2.29. The van der Waals surface area contributed by atoms with E-state index >= 15 is 0 Å². The first-order chi connectivity index (χ1) is 11.7. The number of methoxy groups -OCH3 is 1. The van der Waals surface area contributed by atoms with Gasteiger partial charge in [0.15, 0.2) is 0 Å². The van der Waals surface area contributed by atoms with Crippen LogP contribution >= 0.6 is 0 Å². The number of furan rings is 1. The molecule has 0 saturated carbocycles. The molecule has 9 nitrogen and oxygen atoms in total. The molecule has 0 bridgehead atoms. The van der Waals surface area contributed by atoms with Crippen LogP contribution in [0.25, 0.3) is 0 Å². The molecular weight excluding hydrogens is 350 g/mol. The maximum atomic E-state index is 12.9. The van der Waals surface area contributed by atoms with Crippen molar-refractivity contribution in [2.75, 3.05) is 46.9 Å². The molecule has 10 heteroatoms. The normalized spacial score (nSPS) is 15.5. The Morgan fingerprint density at radius 1 is 1.24 bits per heavy atom. The molecular formula is C15H23N3O6S. The van der Waals surface area contributed by atoms with E-state index < -0.39 is 16.0 Å². The van der Waals surface area contributed by atoms with Gasteiger partial charge in [-0.25, -0.2) is 13.2 Å². The van der Waals surface area contributed by atoms with Gasteiger partial charge in [0.25, 0.3) is 0 Å². The number of amides is 1. The van der Waals surface area contributed by atoms with Crippen LogP contribution in [0.2, 0.25) is 0 Å². The molecule has 1 aliphatic heterocycles. The van der Waals surface area contributed by atoms with E-state index in [9.17, 15) is 18.0 Å². The number of nitrogens with one attached hydrogen (secondary N) is 1. The molecule has 2 rings (SSSR count). The number of nitrogens with zero attached hydrogens (tertiary/aromatic N) is 2. The molecule has 1 aromatic heterocycles. The smallest absolute Gasteiger partial charge is 0.342 e. The largest absolute Gasteiger partial charge is 0.465 e. The minimum Gasteiger partial charge on any atom is -0.465 e. The molecule has 0 spiro atoms. The summed E-state index contributed by atoms with van der Waals surface area (Å²) in [5, 5.41) is 3.13. The summed E-state index contributed by atoms with van der Waals surface area (Å²) in [6.07, 6.45) is 0. The second kappa shape index (κ2) is 7.54. The minimum absolute atomic E-state index is 0.0828. The fraction of sp³-hybridized carbons (Fsp3) is 0.600. The number of hydrogen-bond acceptors (Lipinski definition) is 7. The highest BCUT2D eigenvalue weighted by Gasteiger charge is 2.35. The van der Waals surface area contributed by atoms with E-state index in [1.54, 1.807) is 4.90 Å². The van der Waals surface area contributed by atoms with E-state index in [2.05, 4.69) is 10.1 Å². The van der Waals surface area contributed by atoms with Gasteiger partial charge < -0.3 is 19.4 Å². The van der Waals surface area contributed by atoms with Crippen molar-refractivity contribution in [3.63, 3.8) is 0 Å². The summed E-state index contributed by atoms with van der Waals surface area (Å²) in [4.78, 5) is 25.6.